The molecule has 2 heteroatoms. The average Bonchev–Trinajstić information content (AvgIpc) is 2.50. The topological polar surface area (TPSA) is 18.5 Å². The van der Waals surface area contributed by atoms with Crippen molar-refractivity contribution < 1.29 is 9.47 Å². The SMILES string of the molecule is CCCCCCC=CC(C)(C)c1cc(OC)cc(OC)c1. The maximum atomic E-state index is 5.36. The Morgan fingerprint density at radius 1 is 0.952 bits per heavy atom. The zero-order valence-corrected chi connectivity index (χ0v) is 14.2. The Morgan fingerprint density at radius 2 is 1.57 bits per heavy atom. The van der Waals surface area contributed by atoms with E-state index in [0.717, 1.165) is 17.9 Å². The molecule has 0 aromatic heterocycles. The molecule has 2 nitrogen and oxygen atoms in total. The Morgan fingerprint density at radius 3 is 2.10 bits per heavy atom. The summed E-state index contributed by atoms with van der Waals surface area (Å²) in [5.74, 6) is 1.68. The summed E-state index contributed by atoms with van der Waals surface area (Å²) in [6.45, 7) is 6.70. The molecule has 1 rings (SSSR count). The lowest BCUT2D eigenvalue weighted by Crippen LogP contribution is -2.13. The average molecular weight is 290 g/mol. The van der Waals surface area contributed by atoms with Crippen LogP contribution < -0.4 is 9.47 Å². The van der Waals surface area contributed by atoms with Crippen molar-refractivity contribution in [1.29, 1.82) is 0 Å². The minimum atomic E-state index is -0.0213. The smallest absolute Gasteiger partial charge is 0.122 e. The third kappa shape index (κ3) is 5.82. The molecule has 1 aromatic rings. The summed E-state index contributed by atoms with van der Waals surface area (Å²) in [4.78, 5) is 0. The van der Waals surface area contributed by atoms with Gasteiger partial charge in [0, 0.05) is 11.5 Å². The van der Waals surface area contributed by atoms with Crippen LogP contribution in [0.5, 0.6) is 11.5 Å². The number of hydrogen-bond acceptors (Lipinski definition) is 2. The van der Waals surface area contributed by atoms with Gasteiger partial charge in [-0.15, -0.1) is 0 Å². The molecule has 0 N–H and O–H groups in total. The third-order valence-electron chi connectivity index (χ3n) is 3.85. The molecule has 0 aliphatic heterocycles. The molecule has 0 saturated heterocycles. The van der Waals surface area contributed by atoms with Crippen LogP contribution in [-0.4, -0.2) is 14.2 Å². The summed E-state index contributed by atoms with van der Waals surface area (Å²) < 4.78 is 10.7. The van der Waals surface area contributed by atoms with Gasteiger partial charge in [0.1, 0.15) is 11.5 Å². The number of allylic oxidation sites excluding steroid dienone is 2. The summed E-state index contributed by atoms with van der Waals surface area (Å²) in [6, 6.07) is 6.09. The minimum absolute atomic E-state index is 0.0213. The van der Waals surface area contributed by atoms with Crippen LogP contribution >= 0.6 is 0 Å². The van der Waals surface area contributed by atoms with E-state index in [1.54, 1.807) is 14.2 Å². The van der Waals surface area contributed by atoms with Crippen molar-refractivity contribution in [2.24, 2.45) is 0 Å². The lowest BCUT2D eigenvalue weighted by Gasteiger charge is -2.22. The van der Waals surface area contributed by atoms with Crippen LogP contribution in [0.25, 0.3) is 0 Å². The second-order valence-electron chi connectivity index (χ2n) is 6.07. The highest BCUT2D eigenvalue weighted by Gasteiger charge is 2.18. The van der Waals surface area contributed by atoms with E-state index in [1.165, 1.54) is 31.2 Å². The van der Waals surface area contributed by atoms with Gasteiger partial charge in [-0.2, -0.15) is 0 Å². The van der Waals surface area contributed by atoms with Gasteiger partial charge in [0.15, 0.2) is 0 Å². The predicted octanol–water partition coefficient (Wildman–Crippen LogP) is 5.51. The van der Waals surface area contributed by atoms with Gasteiger partial charge in [-0.3, -0.25) is 0 Å². The highest BCUT2D eigenvalue weighted by atomic mass is 16.5. The molecule has 21 heavy (non-hydrogen) atoms. The number of hydrogen-bond donors (Lipinski definition) is 0. The van der Waals surface area contributed by atoms with Gasteiger partial charge in [-0.1, -0.05) is 52.2 Å². The van der Waals surface area contributed by atoms with Gasteiger partial charge in [0.25, 0.3) is 0 Å². The molecule has 0 atom stereocenters. The van der Waals surface area contributed by atoms with Crippen LogP contribution in [0.2, 0.25) is 0 Å². The van der Waals surface area contributed by atoms with E-state index < -0.39 is 0 Å². The Bertz CT molecular complexity index is 425. The highest BCUT2D eigenvalue weighted by Crippen LogP contribution is 2.32. The van der Waals surface area contributed by atoms with Gasteiger partial charge < -0.3 is 9.47 Å². The molecule has 0 heterocycles. The molecule has 0 unspecified atom stereocenters. The summed E-state index contributed by atoms with van der Waals surface area (Å²) in [6.07, 6.45) is 11.0. The number of methoxy groups -OCH3 is 2. The van der Waals surface area contributed by atoms with Gasteiger partial charge in [-0.25, -0.2) is 0 Å². The second-order valence-corrected chi connectivity index (χ2v) is 6.07. The second kappa shape index (κ2) is 8.76. The third-order valence-corrected chi connectivity index (χ3v) is 3.85. The predicted molar refractivity (Wildman–Crippen MR) is 90.5 cm³/mol. The summed E-state index contributed by atoms with van der Waals surface area (Å²) in [7, 11) is 3.38. The molecule has 118 valence electrons. The first-order valence-electron chi connectivity index (χ1n) is 7.94. The van der Waals surface area contributed by atoms with Crippen molar-refractivity contribution in [2.75, 3.05) is 14.2 Å². The first kappa shape index (κ1) is 17.6. The summed E-state index contributed by atoms with van der Waals surface area (Å²) in [5, 5.41) is 0. The molecule has 0 amide bonds. The van der Waals surface area contributed by atoms with Crippen LogP contribution in [0.4, 0.5) is 0 Å². The maximum absolute atomic E-state index is 5.36. The number of unbranched alkanes of at least 4 members (excludes halogenated alkanes) is 4. The van der Waals surface area contributed by atoms with Gasteiger partial charge in [0.2, 0.25) is 0 Å². The minimum Gasteiger partial charge on any atom is -0.497 e. The first-order valence-corrected chi connectivity index (χ1v) is 7.94. The number of ether oxygens (including phenoxy) is 2. The van der Waals surface area contributed by atoms with Crippen LogP contribution in [0, 0.1) is 0 Å². The molecule has 0 saturated carbocycles. The molecule has 0 spiro atoms. The van der Waals surface area contributed by atoms with Gasteiger partial charge >= 0.3 is 0 Å². The van der Waals surface area contributed by atoms with Crippen molar-refractivity contribution in [3.8, 4) is 11.5 Å². The molecular weight excluding hydrogens is 260 g/mol. The van der Waals surface area contributed by atoms with E-state index in [2.05, 4.69) is 45.1 Å². The quantitative estimate of drug-likeness (QED) is 0.441. The molecule has 0 fully saturated rings. The lowest BCUT2D eigenvalue weighted by atomic mass is 9.83. The molecule has 0 bridgehead atoms. The van der Waals surface area contributed by atoms with E-state index in [0.29, 0.717) is 0 Å². The van der Waals surface area contributed by atoms with Crippen molar-refractivity contribution in [3.63, 3.8) is 0 Å². The van der Waals surface area contributed by atoms with E-state index in [4.69, 9.17) is 9.47 Å². The summed E-state index contributed by atoms with van der Waals surface area (Å²) in [5.41, 5.74) is 1.19. The molecule has 0 aliphatic rings. The molecular formula is C19H30O2. The monoisotopic (exact) mass is 290 g/mol. The molecule has 0 aliphatic carbocycles. The molecule has 0 radical (unpaired) electrons. The zero-order valence-electron chi connectivity index (χ0n) is 14.2. The van der Waals surface area contributed by atoms with Crippen molar-refractivity contribution in [3.05, 3.63) is 35.9 Å². The highest BCUT2D eigenvalue weighted by molar-refractivity contribution is 5.43. The largest absolute Gasteiger partial charge is 0.497 e. The van der Waals surface area contributed by atoms with Gasteiger partial charge in [-0.05, 0) is 30.5 Å². The Labute approximate surface area is 130 Å². The Hall–Kier alpha value is -1.44. The fourth-order valence-electron chi connectivity index (χ4n) is 2.34. The van der Waals surface area contributed by atoms with E-state index in [-0.39, 0.29) is 5.41 Å². The zero-order chi connectivity index (χ0) is 15.7. The van der Waals surface area contributed by atoms with E-state index in [1.807, 2.05) is 6.07 Å². The van der Waals surface area contributed by atoms with Crippen LogP contribution in [-0.2, 0) is 5.41 Å². The molecule has 1 aromatic carbocycles. The van der Waals surface area contributed by atoms with E-state index in [9.17, 15) is 0 Å². The van der Waals surface area contributed by atoms with Crippen molar-refractivity contribution in [1.82, 2.24) is 0 Å². The standard InChI is InChI=1S/C19H30O2/c1-6-7-8-9-10-11-12-19(2,3)16-13-17(20-4)15-18(14-16)21-5/h11-15H,6-10H2,1-5H3. The van der Waals surface area contributed by atoms with Crippen LogP contribution in [0.3, 0.4) is 0 Å². The normalized spacial score (nSPS) is 11.9. The number of benzene rings is 1. The first-order chi connectivity index (χ1) is 10.0. The summed E-state index contributed by atoms with van der Waals surface area (Å²) >= 11 is 0. The van der Waals surface area contributed by atoms with Crippen molar-refractivity contribution >= 4 is 0 Å². The van der Waals surface area contributed by atoms with Crippen LogP contribution in [0.1, 0.15) is 58.4 Å². The Balaban J connectivity index is 2.74. The van der Waals surface area contributed by atoms with E-state index >= 15 is 0 Å². The maximum Gasteiger partial charge on any atom is 0.122 e. The van der Waals surface area contributed by atoms with Gasteiger partial charge in [0.05, 0.1) is 14.2 Å². The fraction of sp³-hybridized carbons (Fsp3) is 0.579. The van der Waals surface area contributed by atoms with Crippen LogP contribution in [0.15, 0.2) is 30.4 Å². The number of rotatable bonds is 9. The fourth-order valence-corrected chi connectivity index (χ4v) is 2.34. The van der Waals surface area contributed by atoms with Crippen molar-refractivity contribution in [2.45, 2.75) is 58.3 Å². The lowest BCUT2D eigenvalue weighted by molar-refractivity contribution is 0.392. The Kier molecular flexibility index (Phi) is 7.35.